The topological polar surface area (TPSA) is 18.5 Å². The Balaban J connectivity index is 2.44. The highest BCUT2D eigenvalue weighted by Crippen LogP contribution is 2.44. The normalized spacial score (nSPS) is 13.6. The highest BCUT2D eigenvalue weighted by molar-refractivity contribution is 5.23. The van der Waals surface area contributed by atoms with Gasteiger partial charge in [-0.2, -0.15) is 0 Å². The summed E-state index contributed by atoms with van der Waals surface area (Å²) in [5, 5.41) is 0. The van der Waals surface area contributed by atoms with Crippen LogP contribution in [0.5, 0.6) is 5.75 Å². The maximum absolute atomic E-state index is 6.29. The van der Waals surface area contributed by atoms with Crippen LogP contribution in [0.2, 0.25) is 0 Å². The molecule has 1 unspecified atom stereocenters. The Hall–Kier alpha value is -1.84. The van der Waals surface area contributed by atoms with Crippen molar-refractivity contribution in [2.45, 2.75) is 59.3 Å². The van der Waals surface area contributed by atoms with Gasteiger partial charge in [-0.25, -0.2) is 0 Å². The molecule has 0 saturated carbocycles. The molecule has 1 atom stereocenters. The van der Waals surface area contributed by atoms with Gasteiger partial charge < -0.3 is 14.0 Å². The lowest BCUT2D eigenvalue weighted by atomic mass is 9.74. The first kappa shape index (κ1) is 24.4. The molecule has 3 nitrogen and oxygen atoms in total. The zero-order chi connectivity index (χ0) is 22.2. The van der Waals surface area contributed by atoms with Crippen LogP contribution in [0.1, 0.15) is 53.0 Å². The van der Waals surface area contributed by atoms with E-state index in [0.717, 1.165) is 29.6 Å². The summed E-state index contributed by atoms with van der Waals surface area (Å²) in [6.07, 6.45) is 1.94. The van der Waals surface area contributed by atoms with E-state index >= 15 is 0 Å². The second-order valence-corrected chi connectivity index (χ2v) is 9.78. The molecule has 3 heteroatoms. The molecule has 0 radical (unpaired) electrons. The molecule has 0 fully saturated rings. The fourth-order valence-corrected chi connectivity index (χ4v) is 4.77. The van der Waals surface area contributed by atoms with Crippen LogP contribution in [0.15, 0.2) is 60.7 Å². The molecular formula is C27H42NO2+. The van der Waals surface area contributed by atoms with E-state index in [4.69, 9.17) is 9.47 Å². The van der Waals surface area contributed by atoms with E-state index in [1.165, 1.54) is 5.56 Å². The number of quaternary nitrogens is 1. The van der Waals surface area contributed by atoms with Crippen molar-refractivity contribution in [1.29, 1.82) is 0 Å². The van der Waals surface area contributed by atoms with Gasteiger partial charge in [0.2, 0.25) is 6.29 Å². The average Bonchev–Trinajstić information content (AvgIpc) is 2.68. The molecule has 30 heavy (non-hydrogen) atoms. The lowest BCUT2D eigenvalue weighted by molar-refractivity contribution is -0.956. The van der Waals surface area contributed by atoms with Gasteiger partial charge in [-0.3, -0.25) is 0 Å². The van der Waals surface area contributed by atoms with Gasteiger partial charge in [-0.05, 0) is 30.9 Å². The molecule has 0 aliphatic heterocycles. The lowest BCUT2D eigenvalue weighted by Gasteiger charge is -2.51. The van der Waals surface area contributed by atoms with Gasteiger partial charge in [0.1, 0.15) is 17.8 Å². The molecule has 166 valence electrons. The van der Waals surface area contributed by atoms with Crippen molar-refractivity contribution >= 4 is 0 Å². The van der Waals surface area contributed by atoms with Gasteiger partial charge in [0.05, 0.1) is 14.1 Å². The number of rotatable bonds is 12. The van der Waals surface area contributed by atoms with E-state index in [1.54, 1.807) is 0 Å². The van der Waals surface area contributed by atoms with Gasteiger partial charge in [0.15, 0.2) is 0 Å². The van der Waals surface area contributed by atoms with E-state index in [9.17, 15) is 0 Å². The minimum Gasteiger partial charge on any atom is -0.459 e. The van der Waals surface area contributed by atoms with Crippen molar-refractivity contribution < 1.29 is 14.0 Å². The maximum atomic E-state index is 6.29. The zero-order valence-electron chi connectivity index (χ0n) is 20.1. The van der Waals surface area contributed by atoms with E-state index in [2.05, 4.69) is 72.1 Å². The highest BCUT2D eigenvalue weighted by Gasteiger charge is 2.49. The second kappa shape index (κ2) is 11.0. The van der Waals surface area contributed by atoms with Crippen molar-refractivity contribution in [2.75, 3.05) is 27.2 Å². The summed E-state index contributed by atoms with van der Waals surface area (Å²) in [5.41, 5.74) is 1.39. The van der Waals surface area contributed by atoms with Gasteiger partial charge in [-0.15, -0.1) is 0 Å². The summed E-state index contributed by atoms with van der Waals surface area (Å²) in [4.78, 5) is 0. The fraction of sp³-hybridized carbons (Fsp3) is 0.556. The molecule has 0 aliphatic rings. The van der Waals surface area contributed by atoms with Crippen LogP contribution in [-0.2, 0) is 10.3 Å². The Morgan fingerprint density at radius 1 is 0.800 bits per heavy atom. The standard InChI is InChI=1S/C27H42NO2/c1-8-29-26(30-25-17-13-10-14-18-25)21-28(6,7)27(19-22(2)3,20-23(4)5)24-15-11-9-12-16-24/h9-18,22-23,26H,8,19-21H2,1-7H3/q+1. The summed E-state index contributed by atoms with van der Waals surface area (Å²) >= 11 is 0. The smallest absolute Gasteiger partial charge is 0.249 e. The number of ether oxygens (including phenoxy) is 2. The van der Waals surface area contributed by atoms with Crippen LogP contribution in [-0.4, -0.2) is 38.0 Å². The highest BCUT2D eigenvalue weighted by atomic mass is 16.7. The molecule has 0 aromatic heterocycles. The van der Waals surface area contributed by atoms with Gasteiger partial charge in [0, 0.05) is 25.0 Å². The number of likely N-dealkylation sites (N-methyl/N-ethyl adjacent to an activating group) is 1. The SMILES string of the molecule is CCOC(C[N+](C)(C)C(CC(C)C)(CC(C)C)c1ccccc1)Oc1ccccc1. The quantitative estimate of drug-likeness (QED) is 0.293. The molecule has 0 aliphatic carbocycles. The first-order valence-corrected chi connectivity index (χ1v) is 11.4. The van der Waals surface area contributed by atoms with Crippen LogP contribution in [0.25, 0.3) is 0 Å². The molecule has 0 heterocycles. The van der Waals surface area contributed by atoms with E-state index in [0.29, 0.717) is 18.4 Å². The van der Waals surface area contributed by atoms with E-state index in [-0.39, 0.29) is 11.8 Å². The monoisotopic (exact) mass is 412 g/mol. The number of hydrogen-bond acceptors (Lipinski definition) is 2. The number of hydrogen-bond donors (Lipinski definition) is 0. The predicted molar refractivity (Wildman–Crippen MR) is 126 cm³/mol. The van der Waals surface area contributed by atoms with E-state index < -0.39 is 0 Å². The van der Waals surface area contributed by atoms with Crippen LogP contribution in [0, 0.1) is 11.8 Å². The molecule has 2 rings (SSSR count). The first-order valence-electron chi connectivity index (χ1n) is 11.4. The number of para-hydroxylation sites is 1. The maximum Gasteiger partial charge on any atom is 0.249 e. The number of nitrogens with zero attached hydrogens (tertiary/aromatic N) is 1. The van der Waals surface area contributed by atoms with Crippen molar-refractivity contribution in [3.05, 3.63) is 66.2 Å². The summed E-state index contributed by atoms with van der Waals surface area (Å²) in [7, 11) is 4.69. The van der Waals surface area contributed by atoms with Crippen LogP contribution in [0.4, 0.5) is 0 Å². The summed E-state index contributed by atoms with van der Waals surface area (Å²) in [6.45, 7) is 12.8. The molecule has 0 amide bonds. The Labute approximate surface area is 184 Å². The van der Waals surface area contributed by atoms with Crippen molar-refractivity contribution in [2.24, 2.45) is 11.8 Å². The lowest BCUT2D eigenvalue weighted by Crippen LogP contribution is -2.61. The Kier molecular flexibility index (Phi) is 8.93. The largest absolute Gasteiger partial charge is 0.459 e. The molecule has 0 spiro atoms. The molecule has 0 saturated heterocycles. The minimum atomic E-state index is -0.296. The minimum absolute atomic E-state index is 0.0149. The van der Waals surface area contributed by atoms with E-state index in [1.807, 2.05) is 37.3 Å². The third-order valence-electron chi connectivity index (χ3n) is 5.93. The van der Waals surface area contributed by atoms with Gasteiger partial charge in [0.25, 0.3) is 0 Å². The van der Waals surface area contributed by atoms with Crippen LogP contribution in [0.3, 0.4) is 0 Å². The van der Waals surface area contributed by atoms with Crippen molar-refractivity contribution in [1.82, 2.24) is 0 Å². The third kappa shape index (κ3) is 6.33. The molecule has 2 aromatic carbocycles. The molecule has 0 bridgehead atoms. The Bertz CT molecular complexity index is 715. The van der Waals surface area contributed by atoms with Gasteiger partial charge in [-0.1, -0.05) is 76.2 Å². The first-order chi connectivity index (χ1) is 14.2. The number of benzene rings is 2. The molecular weight excluding hydrogens is 370 g/mol. The van der Waals surface area contributed by atoms with Crippen LogP contribution >= 0.6 is 0 Å². The van der Waals surface area contributed by atoms with Crippen LogP contribution < -0.4 is 4.74 Å². The van der Waals surface area contributed by atoms with Crippen molar-refractivity contribution in [3.8, 4) is 5.75 Å². The Morgan fingerprint density at radius 3 is 1.77 bits per heavy atom. The summed E-state index contributed by atoms with van der Waals surface area (Å²) in [5.74, 6) is 2.03. The predicted octanol–water partition coefficient (Wildman–Crippen LogP) is 6.49. The fourth-order valence-electron chi connectivity index (χ4n) is 4.77. The second-order valence-electron chi connectivity index (χ2n) is 9.78. The zero-order valence-corrected chi connectivity index (χ0v) is 20.1. The summed E-state index contributed by atoms with van der Waals surface area (Å²) < 4.78 is 13.2. The Morgan fingerprint density at radius 2 is 1.30 bits per heavy atom. The summed E-state index contributed by atoms with van der Waals surface area (Å²) in [6, 6.07) is 21.1. The van der Waals surface area contributed by atoms with Crippen molar-refractivity contribution in [3.63, 3.8) is 0 Å². The molecule has 2 aromatic rings. The third-order valence-corrected chi connectivity index (χ3v) is 5.93. The average molecular weight is 413 g/mol. The van der Waals surface area contributed by atoms with Gasteiger partial charge >= 0.3 is 0 Å². The molecule has 0 N–H and O–H groups in total.